The highest BCUT2D eigenvalue weighted by molar-refractivity contribution is 5.70. The van der Waals surface area contributed by atoms with E-state index in [9.17, 15) is 0 Å². The van der Waals surface area contributed by atoms with Crippen LogP contribution in [0.5, 0.6) is 0 Å². The standard InChI is InChI=1S/C9H14N2.C5H7NO.C2H6.C2H2/c1-7-5-4-6-8(10)9(7)11(2)3;1-4-3-6-7-5(4)2;2*1-2/h4-6H,10H2,1-3H3;3H,1-2H3;1-2H3;1-2H. The summed E-state index contributed by atoms with van der Waals surface area (Å²) < 4.78 is 4.71. The third kappa shape index (κ3) is 7.39. The van der Waals surface area contributed by atoms with Gasteiger partial charge in [-0.2, -0.15) is 0 Å². The highest BCUT2D eigenvalue weighted by atomic mass is 16.5. The van der Waals surface area contributed by atoms with Crippen molar-refractivity contribution in [3.05, 3.63) is 41.3 Å². The van der Waals surface area contributed by atoms with Gasteiger partial charge in [0.25, 0.3) is 0 Å². The van der Waals surface area contributed by atoms with Gasteiger partial charge in [0, 0.05) is 19.7 Å². The van der Waals surface area contributed by atoms with Crippen molar-refractivity contribution in [1.82, 2.24) is 5.16 Å². The number of para-hydroxylation sites is 1. The number of benzene rings is 1. The molecular weight excluding hydrogens is 274 g/mol. The van der Waals surface area contributed by atoms with E-state index in [2.05, 4.69) is 31.0 Å². The van der Waals surface area contributed by atoms with Crippen LogP contribution in [0.15, 0.2) is 28.9 Å². The number of anilines is 2. The first-order valence-electron chi connectivity index (χ1n) is 7.17. The first-order chi connectivity index (χ1) is 10.4. The molecule has 0 atom stereocenters. The fourth-order valence-electron chi connectivity index (χ4n) is 1.64. The van der Waals surface area contributed by atoms with E-state index in [4.69, 9.17) is 10.3 Å². The number of nitrogen functional groups attached to an aromatic ring is 1. The Morgan fingerprint density at radius 1 is 1.05 bits per heavy atom. The Morgan fingerprint density at radius 2 is 1.59 bits per heavy atom. The summed E-state index contributed by atoms with van der Waals surface area (Å²) in [5, 5.41) is 3.55. The van der Waals surface area contributed by atoms with Crippen LogP contribution < -0.4 is 10.6 Å². The molecular formula is C18H29N3O. The van der Waals surface area contributed by atoms with Gasteiger partial charge >= 0.3 is 0 Å². The summed E-state index contributed by atoms with van der Waals surface area (Å²) in [4.78, 5) is 2.03. The van der Waals surface area contributed by atoms with Crippen molar-refractivity contribution in [3.63, 3.8) is 0 Å². The number of aromatic nitrogens is 1. The van der Waals surface area contributed by atoms with Gasteiger partial charge in [-0.3, -0.25) is 0 Å². The second-order valence-corrected chi connectivity index (χ2v) is 4.47. The van der Waals surface area contributed by atoms with E-state index in [0.29, 0.717) is 0 Å². The van der Waals surface area contributed by atoms with E-state index in [1.165, 1.54) is 5.56 Å². The molecule has 122 valence electrons. The number of aryl methyl sites for hydroxylation is 3. The summed E-state index contributed by atoms with van der Waals surface area (Å²) in [5.74, 6) is 0.903. The lowest BCUT2D eigenvalue weighted by atomic mass is 10.1. The van der Waals surface area contributed by atoms with Crippen molar-refractivity contribution in [2.24, 2.45) is 0 Å². The van der Waals surface area contributed by atoms with E-state index < -0.39 is 0 Å². The summed E-state index contributed by atoms with van der Waals surface area (Å²) in [6, 6.07) is 5.95. The minimum Gasteiger partial charge on any atom is -0.397 e. The normalized spacial score (nSPS) is 8.23. The molecule has 0 unspecified atom stereocenters. The van der Waals surface area contributed by atoms with Crippen molar-refractivity contribution in [2.45, 2.75) is 34.6 Å². The van der Waals surface area contributed by atoms with Crippen molar-refractivity contribution < 1.29 is 4.52 Å². The van der Waals surface area contributed by atoms with Gasteiger partial charge in [0.1, 0.15) is 5.76 Å². The molecule has 0 bridgehead atoms. The Hall–Kier alpha value is -2.41. The van der Waals surface area contributed by atoms with Gasteiger partial charge in [0.05, 0.1) is 17.6 Å². The zero-order valence-corrected chi connectivity index (χ0v) is 14.8. The maximum atomic E-state index is 5.78. The maximum Gasteiger partial charge on any atom is 0.136 e. The molecule has 22 heavy (non-hydrogen) atoms. The monoisotopic (exact) mass is 303 g/mol. The molecule has 1 aromatic heterocycles. The molecule has 0 spiro atoms. The molecule has 0 saturated carbocycles. The number of nitrogens with two attached hydrogens (primary N) is 1. The topological polar surface area (TPSA) is 55.3 Å². The summed E-state index contributed by atoms with van der Waals surface area (Å²) in [6.45, 7) is 9.92. The lowest BCUT2D eigenvalue weighted by molar-refractivity contribution is 0.396. The Balaban J connectivity index is 0. The van der Waals surface area contributed by atoms with Crippen LogP contribution in [0, 0.1) is 33.6 Å². The van der Waals surface area contributed by atoms with Crippen molar-refractivity contribution >= 4 is 11.4 Å². The number of hydrogen-bond donors (Lipinski definition) is 1. The van der Waals surface area contributed by atoms with Crippen LogP contribution in [0.25, 0.3) is 0 Å². The van der Waals surface area contributed by atoms with Crippen LogP contribution in [0.1, 0.15) is 30.7 Å². The molecule has 1 aromatic carbocycles. The lowest BCUT2D eigenvalue weighted by Crippen LogP contribution is -2.12. The molecule has 4 nitrogen and oxygen atoms in total. The predicted octanol–water partition coefficient (Wildman–Crippen LogP) is 4.21. The fraction of sp³-hybridized carbons (Fsp3) is 0.389. The van der Waals surface area contributed by atoms with Gasteiger partial charge < -0.3 is 15.2 Å². The first-order valence-corrected chi connectivity index (χ1v) is 7.17. The Labute approximate surface area is 135 Å². The minimum absolute atomic E-state index is 0.843. The predicted molar refractivity (Wildman–Crippen MR) is 97.1 cm³/mol. The third-order valence-electron chi connectivity index (χ3n) is 2.71. The second kappa shape index (κ2) is 12.3. The Kier molecular flexibility index (Phi) is 12.3. The van der Waals surface area contributed by atoms with Gasteiger partial charge in [0.15, 0.2) is 0 Å². The zero-order valence-electron chi connectivity index (χ0n) is 14.8. The molecule has 0 radical (unpaired) electrons. The van der Waals surface area contributed by atoms with Crippen LogP contribution in [-0.4, -0.2) is 19.3 Å². The van der Waals surface area contributed by atoms with Crippen LogP contribution >= 0.6 is 0 Å². The molecule has 0 fully saturated rings. The summed E-state index contributed by atoms with van der Waals surface area (Å²) in [7, 11) is 4.00. The molecule has 0 amide bonds. The van der Waals surface area contributed by atoms with E-state index >= 15 is 0 Å². The number of nitrogens with zero attached hydrogens (tertiary/aromatic N) is 2. The SMILES string of the molecule is C#C.CC.Cc1cccc(N)c1N(C)C.Cc1cnoc1C. The molecule has 0 aliphatic heterocycles. The Morgan fingerprint density at radius 3 is 1.82 bits per heavy atom. The lowest BCUT2D eigenvalue weighted by Gasteiger charge is -2.17. The number of rotatable bonds is 1. The highest BCUT2D eigenvalue weighted by Crippen LogP contribution is 2.24. The quantitative estimate of drug-likeness (QED) is 0.633. The fourth-order valence-corrected chi connectivity index (χ4v) is 1.64. The van der Waals surface area contributed by atoms with Crippen molar-refractivity contribution in [1.29, 1.82) is 0 Å². The summed E-state index contributed by atoms with van der Waals surface area (Å²) >= 11 is 0. The van der Waals surface area contributed by atoms with Crippen LogP contribution in [0.2, 0.25) is 0 Å². The molecule has 1 heterocycles. The second-order valence-electron chi connectivity index (χ2n) is 4.47. The molecule has 0 saturated heterocycles. The Bertz CT molecular complexity index is 506. The van der Waals surface area contributed by atoms with E-state index in [0.717, 1.165) is 22.7 Å². The van der Waals surface area contributed by atoms with Crippen LogP contribution in [0.3, 0.4) is 0 Å². The largest absolute Gasteiger partial charge is 0.397 e. The smallest absolute Gasteiger partial charge is 0.136 e. The molecule has 4 heteroatoms. The first kappa shape index (κ1) is 21.9. The molecule has 2 aromatic rings. The van der Waals surface area contributed by atoms with Gasteiger partial charge in [-0.1, -0.05) is 31.1 Å². The van der Waals surface area contributed by atoms with Gasteiger partial charge in [-0.05, 0) is 32.4 Å². The van der Waals surface area contributed by atoms with Crippen molar-refractivity contribution in [2.75, 3.05) is 24.7 Å². The zero-order chi connectivity index (χ0) is 17.7. The summed E-state index contributed by atoms with van der Waals surface area (Å²) in [5.41, 5.74) is 10.1. The van der Waals surface area contributed by atoms with E-state index in [1.807, 2.05) is 58.8 Å². The third-order valence-corrected chi connectivity index (χ3v) is 2.71. The van der Waals surface area contributed by atoms with Crippen molar-refractivity contribution in [3.8, 4) is 12.8 Å². The summed E-state index contributed by atoms with van der Waals surface area (Å²) in [6.07, 6.45) is 9.70. The van der Waals surface area contributed by atoms with E-state index in [1.54, 1.807) is 6.20 Å². The average Bonchev–Trinajstić information content (AvgIpc) is 2.87. The average molecular weight is 303 g/mol. The molecule has 0 aliphatic rings. The van der Waals surface area contributed by atoms with Crippen LogP contribution in [0.4, 0.5) is 11.4 Å². The minimum atomic E-state index is 0.843. The maximum absolute atomic E-state index is 5.78. The van der Waals surface area contributed by atoms with Gasteiger partial charge in [-0.15, -0.1) is 12.8 Å². The number of hydrogen-bond acceptors (Lipinski definition) is 4. The number of terminal acetylenes is 1. The highest BCUT2D eigenvalue weighted by Gasteiger charge is 2.02. The molecule has 2 N–H and O–H groups in total. The van der Waals surface area contributed by atoms with Gasteiger partial charge in [-0.25, -0.2) is 0 Å². The van der Waals surface area contributed by atoms with Gasteiger partial charge in [0.2, 0.25) is 0 Å². The van der Waals surface area contributed by atoms with E-state index in [-0.39, 0.29) is 0 Å². The van der Waals surface area contributed by atoms with Crippen LogP contribution in [-0.2, 0) is 0 Å². The molecule has 0 aliphatic carbocycles. The molecule has 2 rings (SSSR count).